The number of anilines is 1. The maximum absolute atomic E-state index is 11.5. The van der Waals surface area contributed by atoms with Crippen LogP contribution in [0.5, 0.6) is 0 Å². The van der Waals surface area contributed by atoms with Crippen molar-refractivity contribution < 1.29 is 9.53 Å². The number of ether oxygens (including phenoxy) is 1. The number of rotatable bonds is 3. The van der Waals surface area contributed by atoms with E-state index in [9.17, 15) is 4.79 Å². The van der Waals surface area contributed by atoms with Gasteiger partial charge in [0.1, 0.15) is 6.10 Å². The van der Waals surface area contributed by atoms with Gasteiger partial charge in [-0.1, -0.05) is 23.2 Å². The van der Waals surface area contributed by atoms with E-state index in [4.69, 9.17) is 27.9 Å². The minimum absolute atomic E-state index is 0.262. The molecule has 0 saturated carbocycles. The van der Waals surface area contributed by atoms with Crippen LogP contribution in [0.1, 0.15) is 6.92 Å². The van der Waals surface area contributed by atoms with Gasteiger partial charge in [-0.2, -0.15) is 0 Å². The number of carbonyl (C=O) groups is 1. The van der Waals surface area contributed by atoms with E-state index >= 15 is 0 Å². The molecule has 1 rings (SSSR count). The molecular weight excluding hydrogens is 237 g/mol. The maximum atomic E-state index is 11.5. The lowest BCUT2D eigenvalue weighted by atomic mass is 10.3. The van der Waals surface area contributed by atoms with Crippen LogP contribution >= 0.6 is 23.2 Å². The lowest BCUT2D eigenvalue weighted by Gasteiger charge is -2.11. The van der Waals surface area contributed by atoms with E-state index in [1.165, 1.54) is 7.11 Å². The largest absolute Gasteiger partial charge is 0.372 e. The number of nitrogens with one attached hydrogen (secondary N) is 1. The van der Waals surface area contributed by atoms with Crippen LogP contribution in [-0.2, 0) is 9.53 Å². The summed E-state index contributed by atoms with van der Waals surface area (Å²) in [6.45, 7) is 1.65. The van der Waals surface area contributed by atoms with Gasteiger partial charge in [-0.25, -0.2) is 0 Å². The van der Waals surface area contributed by atoms with Crippen LogP contribution < -0.4 is 5.32 Å². The van der Waals surface area contributed by atoms with E-state index in [0.29, 0.717) is 15.7 Å². The van der Waals surface area contributed by atoms with Crippen LogP contribution in [-0.4, -0.2) is 19.1 Å². The first kappa shape index (κ1) is 12.3. The van der Waals surface area contributed by atoms with Crippen LogP contribution in [0.25, 0.3) is 0 Å². The number of benzene rings is 1. The molecule has 0 aromatic heterocycles. The van der Waals surface area contributed by atoms with Crippen molar-refractivity contribution in [3.8, 4) is 0 Å². The quantitative estimate of drug-likeness (QED) is 0.892. The zero-order chi connectivity index (χ0) is 11.4. The summed E-state index contributed by atoms with van der Waals surface area (Å²) in [5, 5.41) is 3.58. The van der Waals surface area contributed by atoms with Gasteiger partial charge in [0.2, 0.25) is 0 Å². The van der Waals surface area contributed by atoms with E-state index < -0.39 is 6.10 Å². The van der Waals surface area contributed by atoms with Gasteiger partial charge in [0, 0.05) is 12.1 Å². The first-order chi connectivity index (χ1) is 7.04. The predicted octanol–water partition coefficient (Wildman–Crippen LogP) is 2.97. The Hall–Kier alpha value is -0.770. The van der Waals surface area contributed by atoms with Crippen LogP contribution in [0.2, 0.25) is 10.0 Å². The molecule has 1 N–H and O–H groups in total. The lowest BCUT2D eigenvalue weighted by molar-refractivity contribution is -0.124. The summed E-state index contributed by atoms with van der Waals surface area (Å²) in [5.74, 6) is -0.262. The van der Waals surface area contributed by atoms with E-state index in [-0.39, 0.29) is 5.91 Å². The molecule has 0 spiro atoms. The Morgan fingerprint density at radius 1 is 1.47 bits per heavy atom. The van der Waals surface area contributed by atoms with Gasteiger partial charge in [-0.15, -0.1) is 0 Å². The highest BCUT2D eigenvalue weighted by atomic mass is 35.5. The molecule has 1 unspecified atom stereocenters. The van der Waals surface area contributed by atoms with Crippen molar-refractivity contribution in [2.75, 3.05) is 12.4 Å². The Morgan fingerprint density at radius 3 is 2.73 bits per heavy atom. The molecule has 0 bridgehead atoms. The third-order valence-electron chi connectivity index (χ3n) is 1.91. The van der Waals surface area contributed by atoms with E-state index in [2.05, 4.69) is 5.32 Å². The van der Waals surface area contributed by atoms with E-state index in [1.807, 2.05) is 0 Å². The topological polar surface area (TPSA) is 38.3 Å². The molecule has 0 fully saturated rings. The van der Waals surface area contributed by atoms with Gasteiger partial charge < -0.3 is 10.1 Å². The standard InChI is InChI=1S/C10H11Cl2NO2/c1-6(15-2)10(14)13-9-5-7(11)3-4-8(9)12/h3-6H,1-2H3,(H,13,14). The monoisotopic (exact) mass is 247 g/mol. The maximum Gasteiger partial charge on any atom is 0.253 e. The minimum atomic E-state index is -0.528. The summed E-state index contributed by atoms with van der Waals surface area (Å²) in [6.07, 6.45) is -0.528. The van der Waals surface area contributed by atoms with Gasteiger partial charge in [-0.05, 0) is 25.1 Å². The van der Waals surface area contributed by atoms with Crippen molar-refractivity contribution in [3.05, 3.63) is 28.2 Å². The van der Waals surface area contributed by atoms with Gasteiger partial charge in [0.05, 0.1) is 10.7 Å². The number of carbonyl (C=O) groups excluding carboxylic acids is 1. The lowest BCUT2D eigenvalue weighted by Crippen LogP contribution is -2.26. The fraction of sp³-hybridized carbons (Fsp3) is 0.300. The summed E-state index contributed by atoms with van der Waals surface area (Å²) in [7, 11) is 1.46. The fourth-order valence-electron chi connectivity index (χ4n) is 0.935. The van der Waals surface area contributed by atoms with Gasteiger partial charge in [-0.3, -0.25) is 4.79 Å². The number of methoxy groups -OCH3 is 1. The van der Waals surface area contributed by atoms with Crippen molar-refractivity contribution >= 4 is 34.8 Å². The summed E-state index contributed by atoms with van der Waals surface area (Å²) in [5.41, 5.74) is 0.484. The molecule has 0 aliphatic heterocycles. The molecule has 1 atom stereocenters. The number of hydrogen-bond donors (Lipinski definition) is 1. The van der Waals surface area contributed by atoms with Crippen LogP contribution in [0.4, 0.5) is 5.69 Å². The van der Waals surface area contributed by atoms with Crippen LogP contribution in [0.15, 0.2) is 18.2 Å². The van der Waals surface area contributed by atoms with Crippen LogP contribution in [0, 0.1) is 0 Å². The molecule has 0 heterocycles. The molecule has 0 aliphatic rings. The summed E-state index contributed by atoms with van der Waals surface area (Å²) >= 11 is 11.6. The molecule has 1 aromatic carbocycles. The second-order valence-electron chi connectivity index (χ2n) is 2.99. The number of halogens is 2. The first-order valence-corrected chi connectivity index (χ1v) is 5.09. The molecule has 0 radical (unpaired) electrons. The Balaban J connectivity index is 2.80. The average molecular weight is 248 g/mol. The SMILES string of the molecule is COC(C)C(=O)Nc1cc(Cl)ccc1Cl. The van der Waals surface area contributed by atoms with E-state index in [0.717, 1.165) is 0 Å². The smallest absolute Gasteiger partial charge is 0.253 e. The van der Waals surface area contributed by atoms with Crippen molar-refractivity contribution in [1.82, 2.24) is 0 Å². The molecule has 82 valence electrons. The third-order valence-corrected chi connectivity index (χ3v) is 2.47. The zero-order valence-electron chi connectivity index (χ0n) is 8.38. The number of hydrogen-bond acceptors (Lipinski definition) is 2. The average Bonchev–Trinajstić information content (AvgIpc) is 2.22. The molecule has 1 amide bonds. The molecule has 0 aliphatic carbocycles. The Labute approximate surface area is 98.3 Å². The normalized spacial score (nSPS) is 12.3. The highest BCUT2D eigenvalue weighted by Gasteiger charge is 2.13. The van der Waals surface area contributed by atoms with Crippen molar-refractivity contribution in [3.63, 3.8) is 0 Å². The predicted molar refractivity (Wildman–Crippen MR) is 61.6 cm³/mol. The zero-order valence-corrected chi connectivity index (χ0v) is 9.89. The molecule has 1 aromatic rings. The summed E-state index contributed by atoms with van der Waals surface area (Å²) < 4.78 is 4.87. The van der Waals surface area contributed by atoms with Crippen molar-refractivity contribution in [1.29, 1.82) is 0 Å². The highest BCUT2D eigenvalue weighted by molar-refractivity contribution is 6.35. The Kier molecular flexibility index (Phi) is 4.39. The van der Waals surface area contributed by atoms with Crippen LogP contribution in [0.3, 0.4) is 0 Å². The second kappa shape index (κ2) is 5.35. The summed E-state index contributed by atoms with van der Waals surface area (Å²) in [4.78, 5) is 11.5. The molecule has 0 saturated heterocycles. The van der Waals surface area contributed by atoms with Gasteiger partial charge in [0.15, 0.2) is 0 Å². The van der Waals surface area contributed by atoms with Crippen molar-refractivity contribution in [2.45, 2.75) is 13.0 Å². The van der Waals surface area contributed by atoms with Crippen molar-refractivity contribution in [2.24, 2.45) is 0 Å². The minimum Gasteiger partial charge on any atom is -0.372 e. The highest BCUT2D eigenvalue weighted by Crippen LogP contribution is 2.25. The Morgan fingerprint density at radius 2 is 2.13 bits per heavy atom. The Bertz CT molecular complexity index is 368. The third kappa shape index (κ3) is 3.38. The van der Waals surface area contributed by atoms with E-state index in [1.54, 1.807) is 25.1 Å². The molecular formula is C10H11Cl2NO2. The number of amides is 1. The van der Waals surface area contributed by atoms with Gasteiger partial charge in [0.25, 0.3) is 5.91 Å². The second-order valence-corrected chi connectivity index (χ2v) is 3.83. The molecule has 5 heteroatoms. The van der Waals surface area contributed by atoms with Gasteiger partial charge >= 0.3 is 0 Å². The summed E-state index contributed by atoms with van der Waals surface area (Å²) in [6, 6.07) is 4.86. The first-order valence-electron chi connectivity index (χ1n) is 4.33. The fourth-order valence-corrected chi connectivity index (χ4v) is 1.27. The molecule has 3 nitrogen and oxygen atoms in total. The molecule has 15 heavy (non-hydrogen) atoms.